The van der Waals surface area contributed by atoms with Crippen molar-refractivity contribution in [2.45, 2.75) is 13.1 Å². The van der Waals surface area contributed by atoms with E-state index in [1.54, 1.807) is 6.20 Å². The Morgan fingerprint density at radius 1 is 0.826 bits per heavy atom. The van der Waals surface area contributed by atoms with Gasteiger partial charge >= 0.3 is 0 Å². The maximum atomic E-state index is 5.88. The molecule has 0 aliphatic heterocycles. The molecule has 3 aromatic rings. The van der Waals surface area contributed by atoms with Crippen LogP contribution in [0, 0.1) is 0 Å². The molecule has 2 aromatic carbocycles. The maximum absolute atomic E-state index is 5.88. The number of anilines is 2. The van der Waals surface area contributed by atoms with Gasteiger partial charge in [-0.25, -0.2) is 0 Å². The molecule has 5 nitrogen and oxygen atoms in total. The maximum Gasteiger partial charge on any atom is 0.244 e. The Morgan fingerprint density at radius 3 is 2.30 bits per heavy atom. The van der Waals surface area contributed by atoms with Crippen molar-refractivity contribution in [3.8, 4) is 0 Å². The third-order valence-electron chi connectivity index (χ3n) is 3.24. The van der Waals surface area contributed by atoms with E-state index in [2.05, 4.69) is 25.8 Å². The van der Waals surface area contributed by atoms with Crippen LogP contribution in [-0.4, -0.2) is 15.2 Å². The summed E-state index contributed by atoms with van der Waals surface area (Å²) in [4.78, 5) is 4.40. The minimum Gasteiger partial charge on any atom is -0.365 e. The van der Waals surface area contributed by atoms with Crippen LogP contribution in [0.2, 0.25) is 5.02 Å². The van der Waals surface area contributed by atoms with Crippen LogP contribution in [0.25, 0.3) is 0 Å². The summed E-state index contributed by atoms with van der Waals surface area (Å²) in [5.41, 5.74) is 2.28. The highest BCUT2D eigenvalue weighted by Crippen LogP contribution is 2.11. The molecular weight excluding hydrogens is 310 g/mol. The number of rotatable bonds is 6. The van der Waals surface area contributed by atoms with E-state index in [1.807, 2.05) is 54.6 Å². The van der Waals surface area contributed by atoms with Crippen molar-refractivity contribution in [2.24, 2.45) is 0 Å². The van der Waals surface area contributed by atoms with E-state index < -0.39 is 0 Å². The number of benzene rings is 2. The minimum atomic E-state index is 0.495. The van der Waals surface area contributed by atoms with Crippen molar-refractivity contribution in [1.29, 1.82) is 0 Å². The summed E-state index contributed by atoms with van der Waals surface area (Å²) in [7, 11) is 0. The molecular formula is C17H16ClN5. The zero-order chi connectivity index (χ0) is 15.9. The van der Waals surface area contributed by atoms with Gasteiger partial charge in [-0.1, -0.05) is 54.1 Å². The Kier molecular flexibility index (Phi) is 5.01. The Morgan fingerprint density at radius 2 is 1.52 bits per heavy atom. The average molecular weight is 326 g/mol. The standard InChI is InChI=1S/C17H16ClN5/c18-15-8-6-14(7-9-15)10-19-16-12-21-23-17(22-16)20-11-13-4-2-1-3-5-13/h1-9,12H,10-11H2,(H2,19,20,22,23). The minimum absolute atomic E-state index is 0.495. The lowest BCUT2D eigenvalue weighted by atomic mass is 10.2. The van der Waals surface area contributed by atoms with Crippen LogP contribution in [0.1, 0.15) is 11.1 Å². The molecule has 0 spiro atoms. The van der Waals surface area contributed by atoms with E-state index in [4.69, 9.17) is 11.6 Å². The third-order valence-corrected chi connectivity index (χ3v) is 3.49. The first-order valence-electron chi connectivity index (χ1n) is 7.25. The highest BCUT2D eigenvalue weighted by Gasteiger charge is 2.01. The van der Waals surface area contributed by atoms with Crippen LogP contribution >= 0.6 is 11.6 Å². The molecule has 0 aliphatic carbocycles. The lowest BCUT2D eigenvalue weighted by Gasteiger charge is -2.08. The lowest BCUT2D eigenvalue weighted by Crippen LogP contribution is -2.08. The normalized spacial score (nSPS) is 10.3. The second-order valence-electron chi connectivity index (χ2n) is 4.98. The summed E-state index contributed by atoms with van der Waals surface area (Å²) in [6.07, 6.45) is 1.60. The molecule has 0 unspecified atom stereocenters. The monoisotopic (exact) mass is 325 g/mol. The van der Waals surface area contributed by atoms with E-state index in [0.29, 0.717) is 24.9 Å². The summed E-state index contributed by atoms with van der Waals surface area (Å²) < 4.78 is 0. The second kappa shape index (κ2) is 7.56. The summed E-state index contributed by atoms with van der Waals surface area (Å²) >= 11 is 5.88. The van der Waals surface area contributed by atoms with Gasteiger partial charge in [0, 0.05) is 18.1 Å². The molecule has 2 N–H and O–H groups in total. The van der Waals surface area contributed by atoms with Gasteiger partial charge in [0.15, 0.2) is 5.82 Å². The van der Waals surface area contributed by atoms with Gasteiger partial charge in [-0.2, -0.15) is 10.1 Å². The molecule has 0 aliphatic rings. The Hall–Kier alpha value is -2.66. The molecule has 0 amide bonds. The SMILES string of the molecule is Clc1ccc(CNc2cnnc(NCc3ccccc3)n2)cc1. The largest absolute Gasteiger partial charge is 0.365 e. The first kappa shape index (κ1) is 15.2. The molecule has 0 atom stereocenters. The van der Waals surface area contributed by atoms with Crippen LogP contribution in [0.15, 0.2) is 60.8 Å². The molecule has 6 heteroatoms. The highest BCUT2D eigenvalue weighted by atomic mass is 35.5. The molecule has 0 bridgehead atoms. The molecule has 0 saturated carbocycles. The van der Waals surface area contributed by atoms with Gasteiger partial charge in [0.05, 0.1) is 6.20 Å². The fourth-order valence-corrected chi connectivity index (χ4v) is 2.16. The third kappa shape index (κ3) is 4.66. The van der Waals surface area contributed by atoms with E-state index in [1.165, 1.54) is 0 Å². The predicted octanol–water partition coefficient (Wildman–Crippen LogP) is 3.75. The van der Waals surface area contributed by atoms with Crippen molar-refractivity contribution >= 4 is 23.4 Å². The number of hydrogen-bond acceptors (Lipinski definition) is 5. The first-order chi connectivity index (χ1) is 11.3. The van der Waals surface area contributed by atoms with Gasteiger partial charge in [-0.3, -0.25) is 0 Å². The zero-order valence-corrected chi connectivity index (χ0v) is 13.2. The van der Waals surface area contributed by atoms with Gasteiger partial charge in [0.2, 0.25) is 5.95 Å². The summed E-state index contributed by atoms with van der Waals surface area (Å²) in [6.45, 7) is 1.30. The summed E-state index contributed by atoms with van der Waals surface area (Å²) in [5, 5.41) is 15.1. The number of nitrogens with one attached hydrogen (secondary N) is 2. The van der Waals surface area contributed by atoms with E-state index in [9.17, 15) is 0 Å². The van der Waals surface area contributed by atoms with Gasteiger partial charge < -0.3 is 10.6 Å². The molecule has 1 aromatic heterocycles. The fraction of sp³-hybridized carbons (Fsp3) is 0.118. The van der Waals surface area contributed by atoms with Crippen LogP contribution in [0.5, 0.6) is 0 Å². The van der Waals surface area contributed by atoms with E-state index in [0.717, 1.165) is 16.1 Å². The molecule has 116 valence electrons. The fourth-order valence-electron chi connectivity index (χ4n) is 2.04. The molecule has 3 rings (SSSR count). The summed E-state index contributed by atoms with van der Waals surface area (Å²) in [5.74, 6) is 1.17. The molecule has 0 saturated heterocycles. The predicted molar refractivity (Wildman–Crippen MR) is 92.4 cm³/mol. The Labute approximate surface area is 139 Å². The Balaban J connectivity index is 1.57. The quantitative estimate of drug-likeness (QED) is 0.722. The second-order valence-corrected chi connectivity index (χ2v) is 5.42. The van der Waals surface area contributed by atoms with Crippen molar-refractivity contribution in [3.63, 3.8) is 0 Å². The van der Waals surface area contributed by atoms with Gasteiger partial charge in [0.25, 0.3) is 0 Å². The highest BCUT2D eigenvalue weighted by molar-refractivity contribution is 6.30. The average Bonchev–Trinajstić information content (AvgIpc) is 2.61. The van der Waals surface area contributed by atoms with Crippen molar-refractivity contribution in [2.75, 3.05) is 10.6 Å². The van der Waals surface area contributed by atoms with Gasteiger partial charge in [-0.15, -0.1) is 5.10 Å². The summed E-state index contributed by atoms with van der Waals surface area (Å²) in [6, 6.07) is 17.7. The van der Waals surface area contributed by atoms with Crippen molar-refractivity contribution in [1.82, 2.24) is 15.2 Å². The molecule has 0 radical (unpaired) electrons. The van der Waals surface area contributed by atoms with Crippen LogP contribution in [0.3, 0.4) is 0 Å². The molecule has 23 heavy (non-hydrogen) atoms. The topological polar surface area (TPSA) is 62.7 Å². The van der Waals surface area contributed by atoms with Crippen molar-refractivity contribution < 1.29 is 0 Å². The number of aromatic nitrogens is 3. The Bertz CT molecular complexity index is 746. The number of hydrogen-bond donors (Lipinski definition) is 2. The molecule has 1 heterocycles. The van der Waals surface area contributed by atoms with E-state index in [-0.39, 0.29) is 0 Å². The molecule has 0 fully saturated rings. The van der Waals surface area contributed by atoms with Crippen LogP contribution in [-0.2, 0) is 13.1 Å². The van der Waals surface area contributed by atoms with E-state index >= 15 is 0 Å². The van der Waals surface area contributed by atoms with Gasteiger partial charge in [-0.05, 0) is 23.3 Å². The van der Waals surface area contributed by atoms with Crippen LogP contribution < -0.4 is 10.6 Å². The van der Waals surface area contributed by atoms with Gasteiger partial charge in [0.1, 0.15) is 0 Å². The van der Waals surface area contributed by atoms with Crippen LogP contribution in [0.4, 0.5) is 11.8 Å². The first-order valence-corrected chi connectivity index (χ1v) is 7.63. The lowest BCUT2D eigenvalue weighted by molar-refractivity contribution is 0.937. The number of halogens is 1. The smallest absolute Gasteiger partial charge is 0.244 e. The number of nitrogens with zero attached hydrogens (tertiary/aromatic N) is 3. The zero-order valence-electron chi connectivity index (χ0n) is 12.4. The van der Waals surface area contributed by atoms with Crippen molar-refractivity contribution in [3.05, 3.63) is 76.9 Å².